The number of benzene rings is 2. The van der Waals surface area contributed by atoms with Crippen molar-refractivity contribution in [3.63, 3.8) is 0 Å². The molecule has 3 aromatic rings. The van der Waals surface area contributed by atoms with E-state index in [-0.39, 0.29) is 11.9 Å². The van der Waals surface area contributed by atoms with Gasteiger partial charge in [-0.1, -0.05) is 24.3 Å². The number of nitrogens with two attached hydrogens (primary N) is 1. The third-order valence-corrected chi connectivity index (χ3v) is 3.57. The Balaban J connectivity index is 1.87. The molecule has 0 aliphatic heterocycles. The lowest BCUT2D eigenvalue weighted by Crippen LogP contribution is -2.75. The van der Waals surface area contributed by atoms with E-state index in [1.54, 1.807) is 24.3 Å². The van der Waals surface area contributed by atoms with Crippen LogP contribution in [0, 0.1) is 13.8 Å². The highest BCUT2D eigenvalue weighted by Crippen LogP contribution is 2.16. The summed E-state index contributed by atoms with van der Waals surface area (Å²) in [6.07, 6.45) is 0. The molecule has 0 fully saturated rings. The van der Waals surface area contributed by atoms with Crippen molar-refractivity contribution >= 4 is 28.7 Å². The third kappa shape index (κ3) is 3.38. The highest BCUT2D eigenvalue weighted by molar-refractivity contribution is 6.03. The number of hydrogen-bond acceptors (Lipinski definition) is 3. The SMILES string of the molecule is Cc1ccc2c(C)nc([NH+]=C(N)NC(=O)c3ccccc3)nc2c1. The minimum atomic E-state index is -0.297. The molecule has 0 aliphatic carbocycles. The Hall–Kier alpha value is -3.28. The molecule has 1 amide bonds. The molecule has 0 aliphatic rings. The smallest absolute Gasteiger partial charge is 0.322 e. The second-order valence-electron chi connectivity index (χ2n) is 5.51. The number of aromatic nitrogens is 2. The van der Waals surface area contributed by atoms with Crippen LogP contribution in [0.2, 0.25) is 0 Å². The molecule has 4 N–H and O–H groups in total. The van der Waals surface area contributed by atoms with Gasteiger partial charge in [-0.2, -0.15) is 0 Å². The normalized spacial score (nSPS) is 11.5. The van der Waals surface area contributed by atoms with Gasteiger partial charge < -0.3 is 5.73 Å². The first-order valence-electron chi connectivity index (χ1n) is 7.54. The molecule has 0 saturated heterocycles. The Labute approximate surface area is 139 Å². The molecule has 0 radical (unpaired) electrons. The lowest BCUT2D eigenvalue weighted by Gasteiger charge is -2.02. The second kappa shape index (κ2) is 6.45. The van der Waals surface area contributed by atoms with Crippen molar-refractivity contribution < 1.29 is 9.79 Å². The van der Waals surface area contributed by atoms with Gasteiger partial charge >= 0.3 is 5.95 Å². The van der Waals surface area contributed by atoms with E-state index < -0.39 is 0 Å². The first-order chi connectivity index (χ1) is 11.5. The van der Waals surface area contributed by atoms with E-state index in [4.69, 9.17) is 5.73 Å². The van der Waals surface area contributed by atoms with Gasteiger partial charge in [-0.3, -0.25) is 4.79 Å². The lowest BCUT2D eigenvalue weighted by molar-refractivity contribution is -0.367. The van der Waals surface area contributed by atoms with E-state index in [1.165, 1.54) is 0 Å². The third-order valence-electron chi connectivity index (χ3n) is 3.57. The lowest BCUT2D eigenvalue weighted by atomic mass is 10.1. The van der Waals surface area contributed by atoms with Crippen molar-refractivity contribution in [3.8, 4) is 0 Å². The van der Waals surface area contributed by atoms with Crippen LogP contribution < -0.4 is 16.0 Å². The summed E-state index contributed by atoms with van der Waals surface area (Å²) in [5, 5.41) is 3.57. The van der Waals surface area contributed by atoms with Crippen LogP contribution >= 0.6 is 0 Å². The number of carbonyl (C=O) groups is 1. The maximum atomic E-state index is 12.1. The number of nitrogens with zero attached hydrogens (tertiary/aromatic N) is 2. The first kappa shape index (κ1) is 15.6. The molecule has 0 saturated carbocycles. The standard InChI is InChI=1S/C18H17N5O/c1-11-8-9-14-12(2)20-18(21-15(14)10-11)23-17(19)22-16(24)13-6-4-3-5-7-13/h3-10H,1-2H3,(H3,19,20,21,22,23,24)/p+1. The zero-order valence-electron chi connectivity index (χ0n) is 13.5. The minimum Gasteiger partial charge on any atom is -0.322 e. The van der Waals surface area contributed by atoms with Crippen LogP contribution in [0.3, 0.4) is 0 Å². The average molecular weight is 320 g/mol. The summed E-state index contributed by atoms with van der Waals surface area (Å²) < 4.78 is 0. The van der Waals surface area contributed by atoms with Gasteiger partial charge in [0, 0.05) is 10.9 Å². The summed E-state index contributed by atoms with van der Waals surface area (Å²) in [7, 11) is 0. The van der Waals surface area contributed by atoms with Crippen LogP contribution in [0.5, 0.6) is 0 Å². The molecule has 1 heterocycles. The van der Waals surface area contributed by atoms with E-state index in [9.17, 15) is 4.79 Å². The fraction of sp³-hybridized carbons (Fsp3) is 0.111. The summed E-state index contributed by atoms with van der Waals surface area (Å²) in [5.74, 6) is 0.126. The van der Waals surface area contributed by atoms with Crippen molar-refractivity contribution in [1.29, 1.82) is 0 Å². The summed E-state index contributed by atoms with van der Waals surface area (Å²) in [6, 6.07) is 14.8. The summed E-state index contributed by atoms with van der Waals surface area (Å²) >= 11 is 0. The Morgan fingerprint density at radius 2 is 1.83 bits per heavy atom. The predicted octanol–water partition coefficient (Wildman–Crippen LogP) is 0.703. The van der Waals surface area contributed by atoms with Gasteiger partial charge in [-0.15, -0.1) is 9.97 Å². The predicted molar refractivity (Wildman–Crippen MR) is 92.7 cm³/mol. The molecule has 1 aromatic heterocycles. The van der Waals surface area contributed by atoms with Gasteiger partial charge in [-0.25, -0.2) is 10.3 Å². The van der Waals surface area contributed by atoms with Crippen molar-refractivity contribution in [2.45, 2.75) is 13.8 Å². The monoisotopic (exact) mass is 320 g/mol. The van der Waals surface area contributed by atoms with Crippen molar-refractivity contribution in [1.82, 2.24) is 15.3 Å². The quantitative estimate of drug-likeness (QED) is 0.478. The summed E-state index contributed by atoms with van der Waals surface area (Å²) in [5.41, 5.74) is 9.16. The number of carbonyl (C=O) groups excluding carboxylic acids is 1. The number of nitrogens with one attached hydrogen (secondary N) is 2. The fourth-order valence-electron chi connectivity index (χ4n) is 2.39. The molecular formula is C18H18N5O+. The molecule has 0 spiro atoms. The highest BCUT2D eigenvalue weighted by Gasteiger charge is 2.12. The van der Waals surface area contributed by atoms with Crippen LogP contribution in [0.15, 0.2) is 48.5 Å². The fourth-order valence-corrected chi connectivity index (χ4v) is 2.39. The van der Waals surface area contributed by atoms with Gasteiger partial charge in [0.2, 0.25) is 0 Å². The molecular weight excluding hydrogens is 302 g/mol. The van der Waals surface area contributed by atoms with E-state index in [0.717, 1.165) is 22.2 Å². The van der Waals surface area contributed by atoms with Crippen LogP contribution in [0.4, 0.5) is 5.95 Å². The number of aryl methyl sites for hydroxylation is 2. The number of hydrogen-bond donors (Lipinski definition) is 3. The van der Waals surface area contributed by atoms with Gasteiger partial charge in [0.1, 0.15) is 5.52 Å². The van der Waals surface area contributed by atoms with E-state index >= 15 is 0 Å². The zero-order chi connectivity index (χ0) is 17.1. The van der Waals surface area contributed by atoms with Gasteiger partial charge in [0.15, 0.2) is 0 Å². The molecule has 120 valence electrons. The second-order valence-corrected chi connectivity index (χ2v) is 5.51. The maximum Gasteiger partial charge on any atom is 0.354 e. The van der Waals surface area contributed by atoms with E-state index in [2.05, 4.69) is 20.3 Å². The van der Waals surface area contributed by atoms with Gasteiger partial charge in [0.25, 0.3) is 11.9 Å². The topological polar surface area (TPSA) is 94.9 Å². The Kier molecular flexibility index (Phi) is 4.20. The van der Waals surface area contributed by atoms with Crippen molar-refractivity contribution in [2.75, 3.05) is 0 Å². The largest absolute Gasteiger partial charge is 0.354 e. The van der Waals surface area contributed by atoms with Crippen LogP contribution in [0.25, 0.3) is 10.9 Å². The van der Waals surface area contributed by atoms with E-state index in [0.29, 0.717) is 11.5 Å². The number of fused-ring (bicyclic) bond motifs is 1. The highest BCUT2D eigenvalue weighted by atomic mass is 16.1. The molecule has 0 atom stereocenters. The number of rotatable bonds is 2. The molecule has 2 aromatic carbocycles. The molecule has 6 nitrogen and oxygen atoms in total. The van der Waals surface area contributed by atoms with Crippen molar-refractivity contribution in [2.24, 2.45) is 5.73 Å². The Morgan fingerprint density at radius 1 is 1.08 bits per heavy atom. The molecule has 6 heteroatoms. The Morgan fingerprint density at radius 3 is 2.58 bits per heavy atom. The number of amides is 1. The van der Waals surface area contributed by atoms with Gasteiger partial charge in [0.05, 0.1) is 5.69 Å². The van der Waals surface area contributed by atoms with Crippen molar-refractivity contribution in [3.05, 3.63) is 65.4 Å². The van der Waals surface area contributed by atoms with Gasteiger partial charge in [-0.05, 0) is 43.7 Å². The van der Waals surface area contributed by atoms with Crippen LogP contribution in [0.1, 0.15) is 21.6 Å². The van der Waals surface area contributed by atoms with Crippen LogP contribution in [-0.2, 0) is 0 Å². The average Bonchev–Trinajstić information content (AvgIpc) is 2.55. The minimum absolute atomic E-state index is 0.0789. The summed E-state index contributed by atoms with van der Waals surface area (Å²) in [4.78, 5) is 23.7. The summed E-state index contributed by atoms with van der Waals surface area (Å²) in [6.45, 7) is 3.91. The first-order valence-corrected chi connectivity index (χ1v) is 7.54. The van der Waals surface area contributed by atoms with Crippen LogP contribution in [-0.4, -0.2) is 21.8 Å². The maximum absolute atomic E-state index is 12.1. The number of guanidine groups is 1. The Bertz CT molecular complexity index is 935. The van der Waals surface area contributed by atoms with E-state index in [1.807, 2.05) is 38.1 Å². The zero-order valence-corrected chi connectivity index (χ0v) is 13.5. The molecule has 0 unspecified atom stereocenters. The molecule has 24 heavy (non-hydrogen) atoms. The molecule has 0 bridgehead atoms. The molecule has 3 rings (SSSR count).